The molecule has 0 aliphatic carbocycles. The Kier molecular flexibility index (Phi) is 9.54. The van der Waals surface area contributed by atoms with Crippen LogP contribution < -0.4 is 0 Å². The van der Waals surface area contributed by atoms with Crippen LogP contribution in [0.25, 0.3) is 0 Å². The molecule has 0 radical (unpaired) electrons. The number of likely N-dealkylation sites (tertiary alicyclic amines) is 1. The van der Waals surface area contributed by atoms with Crippen LogP contribution >= 0.6 is 0 Å². The number of hydrogen-bond donors (Lipinski definition) is 0. The van der Waals surface area contributed by atoms with E-state index in [0.29, 0.717) is 0 Å². The van der Waals surface area contributed by atoms with E-state index in [2.05, 4.69) is 37.8 Å². The topological polar surface area (TPSA) is 3.24 Å². The van der Waals surface area contributed by atoms with Gasteiger partial charge in [0, 0.05) is 0 Å². The van der Waals surface area contributed by atoms with Crippen molar-refractivity contribution >= 4 is 8.07 Å². The molecule has 118 valence electrons. The molecule has 0 atom stereocenters. The molecule has 1 aliphatic rings. The molecule has 2 heteroatoms. The summed E-state index contributed by atoms with van der Waals surface area (Å²) in [4.78, 5) is 2.85. The van der Waals surface area contributed by atoms with Crippen molar-refractivity contribution in [1.29, 1.82) is 0 Å². The van der Waals surface area contributed by atoms with Gasteiger partial charge < -0.3 is 4.90 Å². The minimum atomic E-state index is -1.10. The molecule has 1 fully saturated rings. The second-order valence-electron chi connectivity index (χ2n) is 6.82. The van der Waals surface area contributed by atoms with Gasteiger partial charge in [0.2, 0.25) is 0 Å². The second-order valence-corrected chi connectivity index (χ2v) is 11.5. The number of allylic oxidation sites excluding steroid dienone is 2. The van der Waals surface area contributed by atoms with E-state index in [4.69, 9.17) is 0 Å². The first kappa shape index (κ1) is 18.0. The molecular formula is C18H37NSi. The molecule has 0 saturated carbocycles. The van der Waals surface area contributed by atoms with Gasteiger partial charge in [-0.25, -0.2) is 0 Å². The van der Waals surface area contributed by atoms with E-state index >= 15 is 0 Å². The molecule has 1 rings (SSSR count). The quantitative estimate of drug-likeness (QED) is 0.414. The molecule has 1 aliphatic heterocycles. The van der Waals surface area contributed by atoms with Crippen LogP contribution in [-0.4, -0.2) is 32.2 Å². The van der Waals surface area contributed by atoms with E-state index in [0.717, 1.165) is 0 Å². The zero-order valence-corrected chi connectivity index (χ0v) is 15.3. The normalized spacial score (nSPS) is 19.1. The first-order valence-electron chi connectivity index (χ1n) is 9.10. The summed E-state index contributed by atoms with van der Waals surface area (Å²) in [6, 6.07) is 4.48. The molecule has 0 spiro atoms. The van der Waals surface area contributed by atoms with Crippen LogP contribution in [-0.2, 0) is 0 Å². The van der Waals surface area contributed by atoms with Crippen molar-refractivity contribution in [3.8, 4) is 0 Å². The van der Waals surface area contributed by atoms with E-state index in [1.54, 1.807) is 0 Å². The molecule has 0 aromatic rings. The van der Waals surface area contributed by atoms with Crippen LogP contribution in [0.4, 0.5) is 0 Å². The van der Waals surface area contributed by atoms with Gasteiger partial charge in [0.25, 0.3) is 0 Å². The zero-order valence-electron chi connectivity index (χ0n) is 14.3. The van der Waals surface area contributed by atoms with Gasteiger partial charge in [-0.15, -0.1) is 0 Å². The van der Waals surface area contributed by atoms with E-state index < -0.39 is 8.07 Å². The second kappa shape index (κ2) is 10.6. The number of hydrogen-bond acceptors (Lipinski definition) is 1. The van der Waals surface area contributed by atoms with E-state index in [-0.39, 0.29) is 0 Å². The van der Waals surface area contributed by atoms with Crippen molar-refractivity contribution in [3.63, 3.8) is 0 Å². The third-order valence-corrected chi connectivity index (χ3v) is 10.2. The maximum Gasteiger partial charge on any atom is 0.0727 e. The molecule has 0 amide bonds. The van der Waals surface area contributed by atoms with Crippen molar-refractivity contribution in [2.24, 2.45) is 0 Å². The predicted molar refractivity (Wildman–Crippen MR) is 95.1 cm³/mol. The van der Waals surface area contributed by atoms with Crippen molar-refractivity contribution < 1.29 is 0 Å². The third-order valence-electron chi connectivity index (χ3n) is 4.85. The van der Waals surface area contributed by atoms with Gasteiger partial charge in [-0.3, -0.25) is 0 Å². The lowest BCUT2D eigenvalue weighted by Gasteiger charge is -2.37. The maximum absolute atomic E-state index is 2.85. The summed E-state index contributed by atoms with van der Waals surface area (Å²) >= 11 is 0. The van der Waals surface area contributed by atoms with Gasteiger partial charge in [0.1, 0.15) is 0 Å². The minimum absolute atomic E-state index is 1.10. The monoisotopic (exact) mass is 295 g/mol. The van der Waals surface area contributed by atoms with Gasteiger partial charge in [0.05, 0.1) is 8.07 Å². The Hall–Kier alpha value is -0.0831. The fraction of sp³-hybridized carbons (Fsp3) is 0.889. The summed E-state index contributed by atoms with van der Waals surface area (Å²) in [6.07, 6.45) is 16.3. The minimum Gasteiger partial charge on any atom is -0.306 e. The Balaban J connectivity index is 2.67. The first-order valence-corrected chi connectivity index (χ1v) is 11.9. The Morgan fingerprint density at radius 3 is 1.95 bits per heavy atom. The molecule has 1 heterocycles. The highest BCUT2D eigenvalue weighted by molar-refractivity contribution is 6.80. The Morgan fingerprint density at radius 1 is 0.900 bits per heavy atom. The van der Waals surface area contributed by atoms with Crippen molar-refractivity contribution in [3.05, 3.63) is 12.2 Å². The summed E-state index contributed by atoms with van der Waals surface area (Å²) in [6.45, 7) is 9.71. The van der Waals surface area contributed by atoms with Crippen molar-refractivity contribution in [2.45, 2.75) is 83.8 Å². The summed E-state index contributed by atoms with van der Waals surface area (Å²) in [5.74, 6) is 0. The van der Waals surface area contributed by atoms with E-state index in [1.165, 1.54) is 82.3 Å². The van der Waals surface area contributed by atoms with Crippen LogP contribution in [0.3, 0.4) is 0 Å². The lowest BCUT2D eigenvalue weighted by atomic mass is 10.1. The molecule has 0 aromatic heterocycles. The molecule has 0 bridgehead atoms. The van der Waals surface area contributed by atoms with E-state index in [1.807, 2.05) is 0 Å². The molecule has 20 heavy (non-hydrogen) atoms. The smallest absolute Gasteiger partial charge is 0.0727 e. The van der Waals surface area contributed by atoms with Gasteiger partial charge in [0.15, 0.2) is 0 Å². The molecule has 0 aromatic carbocycles. The van der Waals surface area contributed by atoms with Gasteiger partial charge >= 0.3 is 0 Å². The third kappa shape index (κ3) is 6.58. The molecule has 1 nitrogen and oxygen atoms in total. The van der Waals surface area contributed by atoms with Crippen molar-refractivity contribution in [2.75, 3.05) is 19.3 Å². The summed E-state index contributed by atoms with van der Waals surface area (Å²) < 4.78 is 0. The summed E-state index contributed by atoms with van der Waals surface area (Å²) in [5, 5.41) is 0. The van der Waals surface area contributed by atoms with Crippen LogP contribution in [0.5, 0.6) is 0 Å². The zero-order chi connectivity index (χ0) is 14.7. The fourth-order valence-electron chi connectivity index (χ4n) is 3.93. The van der Waals surface area contributed by atoms with Crippen LogP contribution in [0.2, 0.25) is 18.1 Å². The van der Waals surface area contributed by atoms with Crippen LogP contribution in [0.1, 0.15) is 65.7 Å². The highest BCUT2D eigenvalue weighted by atomic mass is 28.3. The number of rotatable bonds is 8. The average molecular weight is 296 g/mol. The number of nitrogens with zero attached hydrogens (tertiary/aromatic N) is 1. The van der Waals surface area contributed by atoms with Crippen LogP contribution in [0, 0.1) is 0 Å². The Morgan fingerprint density at radius 2 is 1.45 bits per heavy atom. The van der Waals surface area contributed by atoms with Crippen molar-refractivity contribution in [1.82, 2.24) is 4.90 Å². The van der Waals surface area contributed by atoms with Crippen LogP contribution in [0.15, 0.2) is 12.2 Å². The molecular weight excluding hydrogens is 258 g/mol. The Labute approximate surface area is 128 Å². The summed E-state index contributed by atoms with van der Waals surface area (Å²) in [7, 11) is -1.10. The van der Waals surface area contributed by atoms with Gasteiger partial charge in [-0.2, -0.15) is 0 Å². The first-order chi connectivity index (χ1) is 9.76. The largest absolute Gasteiger partial charge is 0.306 e. The van der Waals surface area contributed by atoms with Gasteiger partial charge in [-0.1, -0.05) is 70.2 Å². The Bertz CT molecular complexity index is 248. The molecule has 0 unspecified atom stereocenters. The van der Waals surface area contributed by atoms with Gasteiger partial charge in [-0.05, 0) is 45.1 Å². The average Bonchev–Trinajstić information content (AvgIpc) is 2.40. The fourth-order valence-corrected chi connectivity index (χ4v) is 9.15. The lowest BCUT2D eigenvalue weighted by Crippen LogP contribution is -2.47. The highest BCUT2D eigenvalue weighted by Gasteiger charge is 2.31. The van der Waals surface area contributed by atoms with E-state index in [9.17, 15) is 0 Å². The standard InChI is InChI=1S/C18H37NSi/c1-4-7-17-20(15-5-2,16-6-3)18-19-13-11-9-8-10-12-14-19/h4,7H,5-6,8-18H2,1-3H3/b7-4+. The maximum atomic E-state index is 2.85. The highest BCUT2D eigenvalue weighted by Crippen LogP contribution is 2.27. The molecule has 0 N–H and O–H groups in total. The predicted octanol–water partition coefficient (Wildman–Crippen LogP) is 5.64. The lowest BCUT2D eigenvalue weighted by molar-refractivity contribution is 0.278. The summed E-state index contributed by atoms with van der Waals surface area (Å²) in [5.41, 5.74) is 0. The SMILES string of the molecule is C/C=C/C[Si](CCC)(CCC)CN1CCCCCCC1. The molecule has 1 saturated heterocycles.